The summed E-state index contributed by atoms with van der Waals surface area (Å²) in [5, 5.41) is 3.28. The lowest BCUT2D eigenvalue weighted by Crippen LogP contribution is -2.36. The first-order valence-corrected chi connectivity index (χ1v) is 13.8. The van der Waals surface area contributed by atoms with E-state index in [1.165, 1.54) is 0 Å². The number of nitrogens with zero attached hydrogens (tertiary/aromatic N) is 3. The van der Waals surface area contributed by atoms with Crippen molar-refractivity contribution in [2.24, 2.45) is 11.8 Å². The molecule has 2 aromatic carbocycles. The van der Waals surface area contributed by atoms with E-state index in [1.54, 1.807) is 13.3 Å². The highest BCUT2D eigenvalue weighted by Gasteiger charge is 2.42. The number of methoxy groups -OCH3 is 1. The van der Waals surface area contributed by atoms with Crippen LogP contribution in [0.4, 0.5) is 0 Å². The van der Waals surface area contributed by atoms with Crippen molar-refractivity contribution in [3.63, 3.8) is 0 Å². The number of carbonyl (C=O) groups is 2. The monoisotopic (exact) mass is 526 g/mol. The first-order chi connectivity index (χ1) is 18.9. The number of carbonyl (C=O) groups excluding carboxylic acids is 2. The zero-order chi connectivity index (χ0) is 27.4. The molecule has 5 rings (SSSR count). The van der Waals surface area contributed by atoms with Gasteiger partial charge in [-0.05, 0) is 67.0 Å². The quantitative estimate of drug-likeness (QED) is 0.452. The Morgan fingerprint density at radius 1 is 0.974 bits per heavy atom. The van der Waals surface area contributed by atoms with Gasteiger partial charge in [-0.25, -0.2) is 0 Å². The van der Waals surface area contributed by atoms with Gasteiger partial charge in [0.25, 0.3) is 5.91 Å². The Kier molecular flexibility index (Phi) is 8.27. The van der Waals surface area contributed by atoms with Crippen LogP contribution in [-0.4, -0.2) is 66.4 Å². The number of rotatable bonds is 9. The number of likely N-dealkylation sites (tertiary alicyclic amines) is 2. The molecule has 2 amide bonds. The van der Waals surface area contributed by atoms with Crippen LogP contribution in [0, 0.1) is 25.7 Å². The highest BCUT2D eigenvalue weighted by molar-refractivity contribution is 5.96. The topological polar surface area (TPSA) is 74.8 Å². The summed E-state index contributed by atoms with van der Waals surface area (Å²) in [6.45, 7) is 8.38. The maximum absolute atomic E-state index is 13.3. The van der Waals surface area contributed by atoms with E-state index in [0.29, 0.717) is 18.3 Å². The minimum atomic E-state index is -0.0491. The molecule has 7 nitrogen and oxygen atoms in total. The van der Waals surface area contributed by atoms with Crippen LogP contribution in [0.2, 0.25) is 0 Å². The third-order valence-electron chi connectivity index (χ3n) is 8.21. The van der Waals surface area contributed by atoms with Crippen molar-refractivity contribution in [1.82, 2.24) is 20.1 Å². The van der Waals surface area contributed by atoms with Crippen LogP contribution < -0.4 is 10.1 Å². The number of benzene rings is 2. The lowest BCUT2D eigenvalue weighted by molar-refractivity contribution is -0.121. The minimum absolute atomic E-state index is 0.0162. The normalized spacial score (nSPS) is 19.5. The first kappa shape index (κ1) is 26.9. The molecule has 2 aliphatic heterocycles. The van der Waals surface area contributed by atoms with Gasteiger partial charge in [-0.3, -0.25) is 14.6 Å². The van der Waals surface area contributed by atoms with E-state index < -0.39 is 0 Å². The second-order valence-electron chi connectivity index (χ2n) is 10.9. The van der Waals surface area contributed by atoms with Crippen LogP contribution >= 0.6 is 0 Å². The summed E-state index contributed by atoms with van der Waals surface area (Å²) < 4.78 is 5.22. The summed E-state index contributed by atoms with van der Waals surface area (Å²) in [5.74, 6) is 1.90. The van der Waals surface area contributed by atoms with Crippen molar-refractivity contribution in [3.05, 3.63) is 94.8 Å². The molecule has 2 saturated heterocycles. The molecule has 0 spiro atoms. The van der Waals surface area contributed by atoms with Crippen molar-refractivity contribution in [2.75, 3.05) is 39.8 Å². The molecule has 2 fully saturated rings. The van der Waals surface area contributed by atoms with Crippen LogP contribution in [0.25, 0.3) is 0 Å². The average molecular weight is 527 g/mol. The van der Waals surface area contributed by atoms with Gasteiger partial charge in [0.15, 0.2) is 0 Å². The molecule has 1 N–H and O–H groups in total. The molecule has 3 atom stereocenters. The lowest BCUT2D eigenvalue weighted by atomic mass is 10.0. The number of fused-ring (bicyclic) bond motifs is 1. The predicted molar refractivity (Wildman–Crippen MR) is 152 cm³/mol. The third kappa shape index (κ3) is 6.31. The molecule has 0 bridgehead atoms. The van der Waals surface area contributed by atoms with Crippen molar-refractivity contribution in [1.29, 1.82) is 0 Å². The Balaban J connectivity index is 1.16. The van der Waals surface area contributed by atoms with Crippen LogP contribution in [0.15, 0.2) is 66.9 Å². The van der Waals surface area contributed by atoms with Gasteiger partial charge in [0.05, 0.1) is 30.8 Å². The summed E-state index contributed by atoms with van der Waals surface area (Å²) in [6.07, 6.45) is 2.94. The molecule has 2 unspecified atom stereocenters. The minimum Gasteiger partial charge on any atom is -0.497 e. The molecular weight excluding hydrogens is 488 g/mol. The Morgan fingerprint density at radius 3 is 2.31 bits per heavy atom. The summed E-state index contributed by atoms with van der Waals surface area (Å²) >= 11 is 0. The zero-order valence-electron chi connectivity index (χ0n) is 23.1. The number of hydrogen-bond donors (Lipinski definition) is 1. The fraction of sp³-hybridized carbons (Fsp3) is 0.406. The van der Waals surface area contributed by atoms with Crippen molar-refractivity contribution >= 4 is 11.8 Å². The SMILES string of the molecule is COc1ccc(CC(=O)N[C@@H](CCN2CC3CN(C(=O)c4c(C)ccnc4C)CC3C2)c2ccccc2)cc1. The molecule has 3 heterocycles. The van der Waals surface area contributed by atoms with Crippen LogP contribution in [-0.2, 0) is 11.2 Å². The van der Waals surface area contributed by atoms with Crippen LogP contribution in [0.3, 0.4) is 0 Å². The zero-order valence-corrected chi connectivity index (χ0v) is 23.1. The van der Waals surface area contributed by atoms with Gasteiger partial charge in [0, 0.05) is 38.9 Å². The smallest absolute Gasteiger partial charge is 0.255 e. The van der Waals surface area contributed by atoms with Crippen LogP contribution in [0.1, 0.15) is 45.2 Å². The number of aryl methyl sites for hydroxylation is 2. The molecule has 3 aromatic rings. The molecule has 0 saturated carbocycles. The summed E-state index contributed by atoms with van der Waals surface area (Å²) in [5.41, 5.74) is 4.64. The summed E-state index contributed by atoms with van der Waals surface area (Å²) in [7, 11) is 1.64. The highest BCUT2D eigenvalue weighted by Crippen LogP contribution is 2.33. The van der Waals surface area contributed by atoms with Gasteiger partial charge in [-0.15, -0.1) is 0 Å². The maximum atomic E-state index is 13.3. The van der Waals surface area contributed by atoms with E-state index in [9.17, 15) is 9.59 Å². The number of ether oxygens (including phenoxy) is 1. The van der Waals surface area contributed by atoms with Gasteiger partial charge < -0.3 is 19.9 Å². The molecule has 0 radical (unpaired) electrons. The Labute approximate surface area is 231 Å². The van der Waals surface area contributed by atoms with Gasteiger partial charge in [0.1, 0.15) is 5.75 Å². The summed E-state index contributed by atoms with van der Waals surface area (Å²) in [4.78, 5) is 35.1. The van der Waals surface area contributed by atoms with Gasteiger partial charge in [-0.2, -0.15) is 0 Å². The molecule has 39 heavy (non-hydrogen) atoms. The molecule has 2 aliphatic rings. The lowest BCUT2D eigenvalue weighted by Gasteiger charge is -2.25. The van der Waals surface area contributed by atoms with E-state index in [1.807, 2.05) is 67.3 Å². The van der Waals surface area contributed by atoms with E-state index in [2.05, 4.69) is 27.3 Å². The molecular formula is C32H38N4O3. The Morgan fingerprint density at radius 2 is 1.67 bits per heavy atom. The van der Waals surface area contributed by atoms with Crippen molar-refractivity contribution in [3.8, 4) is 5.75 Å². The first-order valence-electron chi connectivity index (χ1n) is 13.8. The standard InChI is InChI=1S/C32H38N4O3/c1-22-13-15-33-23(2)31(22)32(38)36-20-26-18-35(19-27(26)21-36)16-14-29(25-7-5-4-6-8-25)34-30(37)17-24-9-11-28(39-3)12-10-24/h4-13,15,26-27,29H,14,16-21H2,1-3H3,(H,34,37)/t26?,27?,29-/m0/s1. The molecule has 1 aromatic heterocycles. The second kappa shape index (κ2) is 12.0. The number of nitrogens with one attached hydrogen (secondary N) is 1. The van der Waals surface area contributed by atoms with Crippen LogP contribution in [0.5, 0.6) is 5.75 Å². The number of hydrogen-bond acceptors (Lipinski definition) is 5. The van der Waals surface area contributed by atoms with E-state index in [4.69, 9.17) is 4.74 Å². The fourth-order valence-electron chi connectivity index (χ4n) is 6.11. The number of pyridine rings is 1. The fourth-order valence-corrected chi connectivity index (χ4v) is 6.11. The maximum Gasteiger partial charge on any atom is 0.255 e. The molecule has 0 aliphatic carbocycles. The number of aromatic nitrogens is 1. The van der Waals surface area contributed by atoms with Crippen molar-refractivity contribution < 1.29 is 14.3 Å². The highest BCUT2D eigenvalue weighted by atomic mass is 16.5. The van der Waals surface area contributed by atoms with Gasteiger partial charge in [-0.1, -0.05) is 42.5 Å². The average Bonchev–Trinajstić information content (AvgIpc) is 3.51. The summed E-state index contributed by atoms with van der Waals surface area (Å²) in [6, 6.07) is 19.7. The number of amides is 2. The largest absolute Gasteiger partial charge is 0.497 e. The Bertz CT molecular complexity index is 1260. The predicted octanol–water partition coefficient (Wildman–Crippen LogP) is 4.20. The van der Waals surface area contributed by atoms with Crippen molar-refractivity contribution in [2.45, 2.75) is 32.7 Å². The molecule has 7 heteroatoms. The Hall–Kier alpha value is -3.71. The van der Waals surface area contributed by atoms with E-state index in [0.717, 1.165) is 72.8 Å². The molecule has 204 valence electrons. The van der Waals surface area contributed by atoms with Gasteiger partial charge >= 0.3 is 0 Å². The van der Waals surface area contributed by atoms with E-state index in [-0.39, 0.29) is 17.9 Å². The van der Waals surface area contributed by atoms with Gasteiger partial charge in [0.2, 0.25) is 5.91 Å². The van der Waals surface area contributed by atoms with E-state index >= 15 is 0 Å². The second-order valence-corrected chi connectivity index (χ2v) is 10.9. The third-order valence-corrected chi connectivity index (χ3v) is 8.21.